The predicted octanol–water partition coefficient (Wildman–Crippen LogP) is 5.07. The molecule has 0 spiro atoms. The Morgan fingerprint density at radius 2 is 1.92 bits per heavy atom. The van der Waals surface area contributed by atoms with Gasteiger partial charge >= 0.3 is 0 Å². The lowest BCUT2D eigenvalue weighted by Crippen LogP contribution is -2.17. The lowest BCUT2D eigenvalue weighted by Gasteiger charge is -2.19. The second-order valence-electron chi connectivity index (χ2n) is 5.31. The predicted molar refractivity (Wildman–Crippen MR) is 100 cm³/mol. The molecular formula is C17H12Cl2N4OS. The third-order valence-corrected chi connectivity index (χ3v) is 5.04. The van der Waals surface area contributed by atoms with E-state index in [1.165, 1.54) is 11.8 Å². The molecule has 8 heteroatoms. The maximum Gasteiger partial charge on any atom is 0.247 e. The average Bonchev–Trinajstić information content (AvgIpc) is 2.80. The van der Waals surface area contributed by atoms with Crippen molar-refractivity contribution in [2.45, 2.75) is 11.4 Å². The monoisotopic (exact) mass is 390 g/mol. The van der Waals surface area contributed by atoms with Crippen molar-refractivity contribution in [1.82, 2.24) is 15.2 Å². The van der Waals surface area contributed by atoms with E-state index in [4.69, 9.17) is 27.9 Å². The van der Waals surface area contributed by atoms with Crippen LogP contribution in [0.4, 0.5) is 5.69 Å². The number of nitrogens with one attached hydrogen (secondary N) is 1. The molecule has 126 valence electrons. The van der Waals surface area contributed by atoms with Crippen LogP contribution >= 0.6 is 35.0 Å². The number of anilines is 1. The normalized spacial score (nSPS) is 15.4. The van der Waals surface area contributed by atoms with Gasteiger partial charge in [-0.1, -0.05) is 59.2 Å². The molecule has 0 saturated heterocycles. The Morgan fingerprint density at radius 3 is 2.72 bits per heavy atom. The van der Waals surface area contributed by atoms with Crippen molar-refractivity contribution < 1.29 is 4.74 Å². The van der Waals surface area contributed by atoms with E-state index in [-0.39, 0.29) is 0 Å². The molecule has 0 aliphatic carbocycles. The van der Waals surface area contributed by atoms with Crippen molar-refractivity contribution in [1.29, 1.82) is 0 Å². The summed E-state index contributed by atoms with van der Waals surface area (Å²) in [6.45, 7) is 0. The van der Waals surface area contributed by atoms with Crippen molar-refractivity contribution in [3.8, 4) is 17.1 Å². The number of ether oxygens (including phenoxy) is 1. The smallest absolute Gasteiger partial charge is 0.247 e. The number of hydrogen-bond acceptors (Lipinski definition) is 6. The summed E-state index contributed by atoms with van der Waals surface area (Å²) in [6.07, 6.45) is 1.41. The minimum atomic E-state index is -0.483. The standard InChI is InChI=1S/C17H12Cl2N4OS/c1-25-17-21-16-14(22-23-17)10-4-2-3-5-13(10)20-15(24-16)9-6-7-11(18)12(19)8-9/h2-8,15,20H,1H3. The second-order valence-corrected chi connectivity index (χ2v) is 6.90. The van der Waals surface area contributed by atoms with E-state index in [2.05, 4.69) is 20.5 Å². The van der Waals surface area contributed by atoms with Gasteiger partial charge in [-0.15, -0.1) is 10.2 Å². The molecule has 2 aromatic carbocycles. The zero-order valence-electron chi connectivity index (χ0n) is 13.0. The zero-order chi connectivity index (χ0) is 17.4. The van der Waals surface area contributed by atoms with E-state index in [0.29, 0.717) is 26.8 Å². The molecule has 1 aliphatic rings. The van der Waals surface area contributed by atoms with Gasteiger partial charge in [0.15, 0.2) is 11.9 Å². The van der Waals surface area contributed by atoms with Crippen LogP contribution < -0.4 is 10.1 Å². The van der Waals surface area contributed by atoms with Gasteiger partial charge in [-0.3, -0.25) is 0 Å². The summed E-state index contributed by atoms with van der Waals surface area (Å²) < 4.78 is 6.12. The summed E-state index contributed by atoms with van der Waals surface area (Å²) in [7, 11) is 0. The first-order valence-electron chi connectivity index (χ1n) is 7.42. The number of halogens is 2. The Hall–Kier alpha value is -2.02. The molecule has 1 N–H and O–H groups in total. The molecule has 3 aromatic rings. The number of hydrogen-bond donors (Lipinski definition) is 1. The number of rotatable bonds is 2. The second kappa shape index (κ2) is 6.71. The van der Waals surface area contributed by atoms with Crippen LogP contribution in [0.2, 0.25) is 10.0 Å². The van der Waals surface area contributed by atoms with Crippen LogP contribution in [0.1, 0.15) is 11.8 Å². The highest BCUT2D eigenvalue weighted by Gasteiger charge is 2.26. The minimum Gasteiger partial charge on any atom is -0.448 e. The van der Waals surface area contributed by atoms with Gasteiger partial charge in [-0.05, 0) is 24.5 Å². The first-order valence-corrected chi connectivity index (χ1v) is 9.40. The van der Waals surface area contributed by atoms with Gasteiger partial charge in [0.1, 0.15) is 0 Å². The summed E-state index contributed by atoms with van der Waals surface area (Å²) in [5, 5.41) is 13.3. The van der Waals surface area contributed by atoms with Crippen molar-refractivity contribution in [2.75, 3.05) is 11.6 Å². The molecule has 0 bridgehead atoms. The minimum absolute atomic E-state index is 0.424. The molecular weight excluding hydrogens is 379 g/mol. The zero-order valence-corrected chi connectivity index (χ0v) is 15.4. The SMILES string of the molecule is CSc1nnc2c(n1)OC(c1ccc(Cl)c(Cl)c1)Nc1ccccc1-2. The molecule has 0 amide bonds. The van der Waals surface area contributed by atoms with Gasteiger partial charge in [0.2, 0.25) is 11.0 Å². The van der Waals surface area contributed by atoms with Gasteiger partial charge in [-0.2, -0.15) is 4.98 Å². The summed E-state index contributed by atoms with van der Waals surface area (Å²) >= 11 is 13.6. The number of nitrogens with zero attached hydrogens (tertiary/aromatic N) is 3. The fraction of sp³-hybridized carbons (Fsp3) is 0.118. The lowest BCUT2D eigenvalue weighted by molar-refractivity contribution is 0.225. The van der Waals surface area contributed by atoms with Gasteiger partial charge in [0, 0.05) is 16.8 Å². The highest BCUT2D eigenvalue weighted by atomic mass is 35.5. The summed E-state index contributed by atoms with van der Waals surface area (Å²) in [4.78, 5) is 4.47. The molecule has 1 unspecified atom stereocenters. The Bertz CT molecular complexity index is 954. The number of aromatic nitrogens is 3. The van der Waals surface area contributed by atoms with E-state index in [0.717, 1.165) is 16.8 Å². The lowest BCUT2D eigenvalue weighted by atomic mass is 10.1. The van der Waals surface area contributed by atoms with E-state index in [1.54, 1.807) is 12.1 Å². The quantitative estimate of drug-likeness (QED) is 0.616. The van der Waals surface area contributed by atoms with Crippen LogP contribution in [0.15, 0.2) is 47.6 Å². The Morgan fingerprint density at radius 1 is 1.08 bits per heavy atom. The van der Waals surface area contributed by atoms with Crippen molar-refractivity contribution in [3.63, 3.8) is 0 Å². The van der Waals surface area contributed by atoms with Crippen molar-refractivity contribution in [3.05, 3.63) is 58.1 Å². The molecule has 5 nitrogen and oxygen atoms in total. The Kier molecular flexibility index (Phi) is 4.41. The van der Waals surface area contributed by atoms with E-state index < -0.39 is 6.23 Å². The van der Waals surface area contributed by atoms with Crippen LogP contribution in [0.3, 0.4) is 0 Å². The Labute approximate surface area is 158 Å². The topological polar surface area (TPSA) is 59.9 Å². The fourth-order valence-corrected chi connectivity index (χ4v) is 3.16. The van der Waals surface area contributed by atoms with Crippen molar-refractivity contribution >= 4 is 40.7 Å². The number of para-hydroxylation sites is 1. The Balaban J connectivity index is 1.85. The molecule has 1 aromatic heterocycles. The van der Waals surface area contributed by atoms with Gasteiger partial charge in [-0.25, -0.2) is 0 Å². The molecule has 1 aliphatic heterocycles. The van der Waals surface area contributed by atoms with Gasteiger partial charge in [0.25, 0.3) is 0 Å². The first kappa shape index (κ1) is 16.4. The molecule has 4 rings (SSSR count). The van der Waals surface area contributed by atoms with Crippen LogP contribution in [-0.2, 0) is 0 Å². The maximum absolute atomic E-state index is 6.17. The highest BCUT2D eigenvalue weighted by Crippen LogP contribution is 2.40. The summed E-state index contributed by atoms with van der Waals surface area (Å²) in [5.41, 5.74) is 3.20. The van der Waals surface area contributed by atoms with E-state index >= 15 is 0 Å². The van der Waals surface area contributed by atoms with Gasteiger partial charge in [0.05, 0.1) is 10.0 Å². The molecule has 2 heterocycles. The van der Waals surface area contributed by atoms with Crippen LogP contribution in [0.5, 0.6) is 5.88 Å². The third kappa shape index (κ3) is 3.13. The number of thioether (sulfide) groups is 1. The molecule has 0 radical (unpaired) electrons. The molecule has 25 heavy (non-hydrogen) atoms. The summed E-state index contributed by atoms with van der Waals surface area (Å²) in [5.74, 6) is 0.424. The molecule has 0 saturated carbocycles. The van der Waals surface area contributed by atoms with Crippen LogP contribution in [0.25, 0.3) is 11.3 Å². The first-order chi connectivity index (χ1) is 12.2. The summed E-state index contributed by atoms with van der Waals surface area (Å²) in [6, 6.07) is 13.2. The number of benzene rings is 2. The average molecular weight is 391 g/mol. The maximum atomic E-state index is 6.17. The molecule has 1 atom stereocenters. The van der Waals surface area contributed by atoms with Crippen LogP contribution in [0, 0.1) is 0 Å². The number of fused-ring (bicyclic) bond motifs is 3. The van der Waals surface area contributed by atoms with Crippen LogP contribution in [-0.4, -0.2) is 21.4 Å². The van der Waals surface area contributed by atoms with Gasteiger partial charge < -0.3 is 10.1 Å². The van der Waals surface area contributed by atoms with Crippen molar-refractivity contribution in [2.24, 2.45) is 0 Å². The molecule has 0 fully saturated rings. The largest absolute Gasteiger partial charge is 0.448 e. The fourth-order valence-electron chi connectivity index (χ4n) is 2.56. The third-order valence-electron chi connectivity index (χ3n) is 3.76. The highest BCUT2D eigenvalue weighted by molar-refractivity contribution is 7.98. The van der Waals surface area contributed by atoms with E-state index in [1.807, 2.05) is 36.6 Å². The van der Waals surface area contributed by atoms with E-state index in [9.17, 15) is 0 Å².